The smallest absolute Gasteiger partial charge is 0.182 e. The van der Waals surface area contributed by atoms with Crippen molar-refractivity contribution in [1.29, 1.82) is 5.41 Å². The van der Waals surface area contributed by atoms with Gasteiger partial charge in [-0.1, -0.05) is 12.1 Å². The molecule has 0 aliphatic carbocycles. The van der Waals surface area contributed by atoms with Crippen LogP contribution in [0.15, 0.2) is 24.3 Å². The summed E-state index contributed by atoms with van der Waals surface area (Å²) in [6.07, 6.45) is 0. The molecule has 146 valence electrons. The van der Waals surface area contributed by atoms with Crippen LogP contribution in [-0.4, -0.2) is 46.8 Å². The minimum Gasteiger partial charge on any atom is -0.379 e. The highest BCUT2D eigenvalue weighted by molar-refractivity contribution is 7.71. The molecule has 0 unspecified atom stereocenters. The quantitative estimate of drug-likeness (QED) is 0.770. The molecule has 0 amide bonds. The Morgan fingerprint density at radius 3 is 2.30 bits per heavy atom. The van der Waals surface area contributed by atoms with Crippen LogP contribution in [0.5, 0.6) is 0 Å². The molecule has 0 bridgehead atoms. The zero-order chi connectivity index (χ0) is 19.6. The van der Waals surface area contributed by atoms with Crippen LogP contribution in [-0.2, 0) is 20.6 Å². The number of rotatable bonds is 5. The Morgan fingerprint density at radius 1 is 1.07 bits per heavy atom. The number of anilines is 2. The topological polar surface area (TPSA) is 52.2 Å². The van der Waals surface area contributed by atoms with Crippen molar-refractivity contribution in [3.05, 3.63) is 45.9 Å². The summed E-state index contributed by atoms with van der Waals surface area (Å²) >= 11 is 5.51. The van der Waals surface area contributed by atoms with Gasteiger partial charge in [-0.05, 0) is 36.8 Å². The molecule has 2 heterocycles. The van der Waals surface area contributed by atoms with Crippen molar-refractivity contribution in [1.82, 2.24) is 14.0 Å². The van der Waals surface area contributed by atoms with Gasteiger partial charge in [-0.3, -0.25) is 10.3 Å². The Hall–Kier alpha value is -2.19. The first-order valence-corrected chi connectivity index (χ1v) is 9.63. The lowest BCUT2D eigenvalue weighted by molar-refractivity contribution is 0.248. The van der Waals surface area contributed by atoms with Gasteiger partial charge in [0.25, 0.3) is 0 Å². The zero-order valence-corrected chi connectivity index (χ0v) is 16.9. The summed E-state index contributed by atoms with van der Waals surface area (Å²) in [5.74, 6) is 0.779. The first-order valence-electron chi connectivity index (χ1n) is 9.22. The predicted molar refractivity (Wildman–Crippen MR) is 109 cm³/mol. The van der Waals surface area contributed by atoms with Gasteiger partial charge in [0.05, 0.1) is 0 Å². The van der Waals surface area contributed by atoms with Crippen LogP contribution in [0.25, 0.3) is 0 Å². The van der Waals surface area contributed by atoms with Crippen molar-refractivity contribution >= 4 is 23.7 Å². The molecule has 0 spiro atoms. The molecule has 0 saturated carbocycles. The molecule has 1 aliphatic rings. The monoisotopic (exact) mass is 390 g/mol. The number of nitrogens with zero attached hydrogens (tertiary/aromatic N) is 4. The van der Waals surface area contributed by atoms with Crippen LogP contribution in [0.4, 0.5) is 15.9 Å². The van der Waals surface area contributed by atoms with E-state index in [0.717, 1.165) is 56.3 Å². The SMILES string of the molecule is CCNc1c(N2CCN(Cc3ccc(F)cc3)CC2)n(C)c(=S)n(C)c1=N. The van der Waals surface area contributed by atoms with Gasteiger partial charge in [0, 0.05) is 53.4 Å². The van der Waals surface area contributed by atoms with E-state index in [9.17, 15) is 4.39 Å². The zero-order valence-electron chi connectivity index (χ0n) is 16.1. The third-order valence-corrected chi connectivity index (χ3v) is 5.58. The Labute approximate surface area is 164 Å². The van der Waals surface area contributed by atoms with Gasteiger partial charge in [-0.2, -0.15) is 0 Å². The maximum Gasteiger partial charge on any atom is 0.182 e. The van der Waals surface area contributed by atoms with Crippen molar-refractivity contribution in [2.45, 2.75) is 13.5 Å². The predicted octanol–water partition coefficient (Wildman–Crippen LogP) is 2.47. The number of halogens is 1. The molecule has 3 rings (SSSR count). The molecule has 2 N–H and O–H groups in total. The first-order chi connectivity index (χ1) is 12.9. The van der Waals surface area contributed by atoms with Gasteiger partial charge in [0.15, 0.2) is 10.3 Å². The number of nitrogens with one attached hydrogen (secondary N) is 2. The molecule has 0 atom stereocenters. The van der Waals surface area contributed by atoms with E-state index in [1.165, 1.54) is 12.1 Å². The van der Waals surface area contributed by atoms with E-state index in [2.05, 4.69) is 15.1 Å². The molecule has 2 aromatic rings. The van der Waals surface area contributed by atoms with Gasteiger partial charge in [0.2, 0.25) is 0 Å². The summed E-state index contributed by atoms with van der Waals surface area (Å²) < 4.78 is 17.4. The summed E-state index contributed by atoms with van der Waals surface area (Å²) in [7, 11) is 3.79. The number of aromatic nitrogens is 2. The Bertz CT molecular complexity index is 910. The maximum atomic E-state index is 13.1. The minimum atomic E-state index is -0.199. The third-order valence-electron chi connectivity index (χ3n) is 5.03. The Morgan fingerprint density at radius 2 is 1.70 bits per heavy atom. The highest BCUT2D eigenvalue weighted by Gasteiger charge is 2.23. The van der Waals surface area contributed by atoms with Crippen LogP contribution < -0.4 is 15.7 Å². The number of benzene rings is 1. The third kappa shape index (κ3) is 4.06. The van der Waals surface area contributed by atoms with Crippen LogP contribution in [0.1, 0.15) is 12.5 Å². The minimum absolute atomic E-state index is 0.199. The molecular formula is C19H27FN6S. The average molecular weight is 391 g/mol. The second-order valence-electron chi connectivity index (χ2n) is 6.87. The van der Waals surface area contributed by atoms with Crippen LogP contribution in [0, 0.1) is 16.0 Å². The van der Waals surface area contributed by atoms with Gasteiger partial charge in [-0.25, -0.2) is 4.39 Å². The molecule has 1 fully saturated rings. The summed E-state index contributed by atoms with van der Waals surface area (Å²) in [5, 5.41) is 11.8. The molecule has 1 saturated heterocycles. The number of hydrogen-bond donors (Lipinski definition) is 2. The lowest BCUT2D eigenvalue weighted by Crippen LogP contribution is -2.47. The maximum absolute atomic E-state index is 13.1. The summed E-state index contributed by atoms with van der Waals surface area (Å²) in [6.45, 7) is 7.13. The van der Waals surface area contributed by atoms with Crippen molar-refractivity contribution in [2.24, 2.45) is 14.1 Å². The fourth-order valence-corrected chi connectivity index (χ4v) is 3.71. The highest BCUT2D eigenvalue weighted by Crippen LogP contribution is 2.24. The van der Waals surface area contributed by atoms with E-state index < -0.39 is 0 Å². The van der Waals surface area contributed by atoms with Crippen molar-refractivity contribution in [3.8, 4) is 0 Å². The number of hydrogen-bond acceptors (Lipinski definition) is 5. The van der Waals surface area contributed by atoms with Crippen molar-refractivity contribution in [3.63, 3.8) is 0 Å². The summed E-state index contributed by atoms with van der Waals surface area (Å²) in [6, 6.07) is 6.72. The molecule has 8 heteroatoms. The normalized spacial score (nSPS) is 15.2. The molecule has 0 radical (unpaired) electrons. The molecular weight excluding hydrogens is 363 g/mol. The highest BCUT2D eigenvalue weighted by atomic mass is 32.1. The van der Waals surface area contributed by atoms with Crippen LogP contribution in [0.3, 0.4) is 0 Å². The van der Waals surface area contributed by atoms with Crippen LogP contribution in [0.2, 0.25) is 0 Å². The lowest BCUT2D eigenvalue weighted by Gasteiger charge is -2.38. The van der Waals surface area contributed by atoms with Crippen LogP contribution >= 0.6 is 12.2 Å². The second kappa shape index (κ2) is 8.22. The van der Waals surface area contributed by atoms with E-state index >= 15 is 0 Å². The number of piperazine rings is 1. The van der Waals surface area contributed by atoms with Gasteiger partial charge in [-0.15, -0.1) is 0 Å². The van der Waals surface area contributed by atoms with Crippen molar-refractivity contribution in [2.75, 3.05) is 42.9 Å². The van der Waals surface area contributed by atoms with Gasteiger partial charge in [0.1, 0.15) is 17.3 Å². The lowest BCUT2D eigenvalue weighted by atomic mass is 10.2. The Balaban J connectivity index is 1.78. The fourth-order valence-electron chi connectivity index (χ4n) is 3.53. The molecule has 6 nitrogen and oxygen atoms in total. The van der Waals surface area contributed by atoms with E-state index in [0.29, 0.717) is 10.3 Å². The Kier molecular flexibility index (Phi) is 5.96. The van der Waals surface area contributed by atoms with Crippen molar-refractivity contribution < 1.29 is 4.39 Å². The van der Waals surface area contributed by atoms with E-state index in [4.69, 9.17) is 17.6 Å². The van der Waals surface area contributed by atoms with E-state index in [-0.39, 0.29) is 5.82 Å². The summed E-state index contributed by atoms with van der Waals surface area (Å²) in [4.78, 5) is 4.67. The molecule has 1 aromatic heterocycles. The fraction of sp³-hybridized carbons (Fsp3) is 0.474. The van der Waals surface area contributed by atoms with E-state index in [1.807, 2.05) is 37.7 Å². The van der Waals surface area contributed by atoms with E-state index in [1.54, 1.807) is 4.57 Å². The first kappa shape index (κ1) is 19.6. The van der Waals surface area contributed by atoms with Gasteiger partial charge < -0.3 is 19.4 Å². The standard InChI is InChI=1S/C19H27FN6S/c1-4-22-16-17(21)23(2)19(27)24(3)18(16)26-11-9-25(10-12-26)13-14-5-7-15(20)8-6-14/h5-8,21-22H,4,9-13H2,1-3H3. The molecule has 1 aromatic carbocycles. The average Bonchev–Trinajstić information content (AvgIpc) is 2.67. The second-order valence-corrected chi connectivity index (χ2v) is 7.23. The largest absolute Gasteiger partial charge is 0.379 e. The molecule has 1 aliphatic heterocycles. The molecule has 27 heavy (non-hydrogen) atoms. The summed E-state index contributed by atoms with van der Waals surface area (Å²) in [5.41, 5.74) is 2.35. The van der Waals surface area contributed by atoms with Gasteiger partial charge >= 0.3 is 0 Å².